The number of piperidine rings is 1. The first-order chi connectivity index (χ1) is 11.6. The molecule has 6 heteroatoms. The van der Waals surface area contributed by atoms with Gasteiger partial charge >= 0.3 is 0 Å². The minimum atomic E-state index is -1.93. The van der Waals surface area contributed by atoms with E-state index in [1.54, 1.807) is 11.0 Å². The molecule has 3 rings (SSSR count). The van der Waals surface area contributed by atoms with E-state index in [2.05, 4.69) is 5.32 Å². The average Bonchev–Trinajstić information content (AvgIpc) is 3.15. The van der Waals surface area contributed by atoms with Crippen LogP contribution in [0.1, 0.15) is 28.8 Å². The van der Waals surface area contributed by atoms with E-state index < -0.39 is 11.6 Å². The Labute approximate surface area is 139 Å². The molecule has 0 saturated carbocycles. The second-order valence-electron chi connectivity index (χ2n) is 5.94. The molecule has 126 valence electrons. The largest absolute Gasteiger partial charge is 0.472 e. The number of hydrogen-bond acceptors (Lipinski definition) is 3. The van der Waals surface area contributed by atoms with Crippen molar-refractivity contribution < 1.29 is 18.4 Å². The zero-order valence-electron chi connectivity index (χ0n) is 13.2. The molecule has 1 saturated heterocycles. The number of carbonyl (C=O) groups excluding carboxylic acids is 2. The molecule has 1 aromatic heterocycles. The third-order valence-electron chi connectivity index (χ3n) is 4.31. The van der Waals surface area contributed by atoms with Crippen molar-refractivity contribution in [2.24, 2.45) is 0 Å². The first-order valence-electron chi connectivity index (χ1n) is 7.91. The van der Waals surface area contributed by atoms with Crippen molar-refractivity contribution in [3.63, 3.8) is 0 Å². The Bertz CT molecular complexity index is 692. The van der Waals surface area contributed by atoms with Crippen molar-refractivity contribution in [1.29, 1.82) is 0 Å². The van der Waals surface area contributed by atoms with Crippen molar-refractivity contribution in [2.45, 2.75) is 25.1 Å². The van der Waals surface area contributed by atoms with Gasteiger partial charge < -0.3 is 14.6 Å². The summed E-state index contributed by atoms with van der Waals surface area (Å²) < 4.78 is 19.8. The smallest absolute Gasteiger partial charge is 0.258 e. The lowest BCUT2D eigenvalue weighted by Crippen LogP contribution is -2.52. The summed E-state index contributed by atoms with van der Waals surface area (Å²) in [4.78, 5) is 25.9. The summed E-state index contributed by atoms with van der Waals surface area (Å²) in [5.41, 5.74) is -0.570. The van der Waals surface area contributed by atoms with Crippen LogP contribution in [-0.4, -0.2) is 35.5 Å². The Morgan fingerprint density at radius 2 is 1.88 bits per heavy atom. The molecule has 0 spiro atoms. The van der Waals surface area contributed by atoms with Crippen LogP contribution >= 0.6 is 0 Å². The number of hydrogen-bond donors (Lipinski definition) is 1. The molecular formula is C18H19FN2O3. The molecule has 1 N–H and O–H groups in total. The van der Waals surface area contributed by atoms with E-state index in [0.717, 1.165) is 5.56 Å². The summed E-state index contributed by atoms with van der Waals surface area (Å²) in [6.07, 6.45) is 2.79. The first kappa shape index (κ1) is 16.2. The molecule has 2 aromatic rings. The Hall–Kier alpha value is -2.63. The predicted molar refractivity (Wildman–Crippen MR) is 86.0 cm³/mol. The number of nitrogens with one attached hydrogen (secondary N) is 1. The fraction of sp³-hybridized carbons (Fsp3) is 0.333. The van der Waals surface area contributed by atoms with Gasteiger partial charge in [-0.15, -0.1) is 0 Å². The zero-order chi connectivity index (χ0) is 17.0. The third-order valence-corrected chi connectivity index (χ3v) is 4.31. The second kappa shape index (κ2) is 6.86. The molecule has 0 radical (unpaired) electrons. The molecular weight excluding hydrogens is 311 g/mol. The van der Waals surface area contributed by atoms with Crippen molar-refractivity contribution in [3.05, 3.63) is 60.1 Å². The van der Waals surface area contributed by atoms with Gasteiger partial charge in [0.1, 0.15) is 6.26 Å². The number of alkyl halides is 1. The summed E-state index contributed by atoms with van der Waals surface area (Å²) in [6, 6.07) is 10.9. The van der Waals surface area contributed by atoms with Crippen molar-refractivity contribution >= 4 is 11.8 Å². The van der Waals surface area contributed by atoms with E-state index in [-0.39, 0.29) is 31.8 Å². The van der Waals surface area contributed by atoms with Crippen LogP contribution < -0.4 is 5.32 Å². The van der Waals surface area contributed by atoms with Gasteiger partial charge in [0.05, 0.1) is 11.8 Å². The highest BCUT2D eigenvalue weighted by molar-refractivity contribution is 5.94. The Balaban J connectivity index is 1.54. The third kappa shape index (κ3) is 3.48. The molecule has 0 atom stereocenters. The van der Waals surface area contributed by atoms with Crippen molar-refractivity contribution in [2.75, 3.05) is 13.1 Å². The van der Waals surface area contributed by atoms with Gasteiger partial charge in [0.2, 0.25) is 0 Å². The van der Waals surface area contributed by atoms with E-state index in [1.807, 2.05) is 30.3 Å². The molecule has 2 amide bonds. The van der Waals surface area contributed by atoms with Gasteiger partial charge in [0.15, 0.2) is 5.67 Å². The lowest BCUT2D eigenvalue weighted by Gasteiger charge is -2.35. The number of furan rings is 1. The number of benzene rings is 1. The minimum Gasteiger partial charge on any atom is -0.472 e. The van der Waals surface area contributed by atoms with Gasteiger partial charge in [-0.25, -0.2) is 4.39 Å². The van der Waals surface area contributed by atoms with Crippen LogP contribution in [0.2, 0.25) is 0 Å². The summed E-state index contributed by atoms with van der Waals surface area (Å²) in [5, 5.41) is 2.65. The standard InChI is InChI=1S/C18H19FN2O3/c19-18(17(23)20-12-14-4-2-1-3-5-14)7-9-21(10-8-18)16(22)15-6-11-24-13-15/h1-6,11,13H,7-10,12H2,(H,20,23). The Morgan fingerprint density at radius 3 is 2.50 bits per heavy atom. The molecule has 2 heterocycles. The summed E-state index contributed by atoms with van der Waals surface area (Å²) in [7, 11) is 0. The molecule has 1 aliphatic rings. The van der Waals surface area contributed by atoms with Crippen LogP contribution in [-0.2, 0) is 11.3 Å². The van der Waals surface area contributed by atoms with E-state index in [4.69, 9.17) is 4.42 Å². The Morgan fingerprint density at radius 1 is 1.17 bits per heavy atom. The number of nitrogens with zero attached hydrogens (tertiary/aromatic N) is 1. The fourth-order valence-electron chi connectivity index (χ4n) is 2.80. The predicted octanol–water partition coefficient (Wildman–Crippen LogP) is 2.54. The van der Waals surface area contributed by atoms with Gasteiger partial charge in [0.25, 0.3) is 11.8 Å². The van der Waals surface area contributed by atoms with Gasteiger partial charge in [0, 0.05) is 32.5 Å². The number of carbonyl (C=O) groups is 2. The van der Waals surface area contributed by atoms with Gasteiger partial charge in [-0.2, -0.15) is 0 Å². The maximum absolute atomic E-state index is 14.9. The maximum Gasteiger partial charge on any atom is 0.258 e. The number of halogens is 1. The van der Waals surface area contributed by atoms with E-state index in [1.165, 1.54) is 12.5 Å². The first-order valence-corrected chi connectivity index (χ1v) is 7.91. The van der Waals surface area contributed by atoms with Crippen LogP contribution in [0.4, 0.5) is 4.39 Å². The molecule has 1 fully saturated rings. The minimum absolute atomic E-state index is 0.00276. The van der Waals surface area contributed by atoms with Gasteiger partial charge in [-0.3, -0.25) is 9.59 Å². The fourth-order valence-corrected chi connectivity index (χ4v) is 2.80. The van der Waals surface area contributed by atoms with Crippen LogP contribution in [0.25, 0.3) is 0 Å². The normalized spacial score (nSPS) is 16.6. The highest BCUT2D eigenvalue weighted by Crippen LogP contribution is 2.28. The zero-order valence-corrected chi connectivity index (χ0v) is 13.2. The van der Waals surface area contributed by atoms with Gasteiger partial charge in [-0.05, 0) is 11.6 Å². The van der Waals surface area contributed by atoms with Crippen molar-refractivity contribution in [1.82, 2.24) is 10.2 Å². The monoisotopic (exact) mass is 330 g/mol. The summed E-state index contributed by atoms with van der Waals surface area (Å²) in [5.74, 6) is -0.808. The van der Waals surface area contributed by atoms with Crippen LogP contribution in [0, 0.1) is 0 Å². The molecule has 24 heavy (non-hydrogen) atoms. The second-order valence-corrected chi connectivity index (χ2v) is 5.94. The molecule has 1 aliphatic heterocycles. The lowest BCUT2D eigenvalue weighted by atomic mass is 9.92. The number of rotatable bonds is 4. The van der Waals surface area contributed by atoms with E-state index in [0.29, 0.717) is 12.1 Å². The quantitative estimate of drug-likeness (QED) is 0.937. The maximum atomic E-state index is 14.9. The average molecular weight is 330 g/mol. The lowest BCUT2D eigenvalue weighted by molar-refractivity contribution is -0.135. The Kier molecular flexibility index (Phi) is 4.64. The topological polar surface area (TPSA) is 62.6 Å². The van der Waals surface area contributed by atoms with Crippen LogP contribution in [0.15, 0.2) is 53.3 Å². The molecule has 1 aromatic carbocycles. The van der Waals surface area contributed by atoms with E-state index in [9.17, 15) is 14.0 Å². The SMILES string of the molecule is O=C(c1ccoc1)N1CCC(F)(C(=O)NCc2ccccc2)CC1. The summed E-state index contributed by atoms with van der Waals surface area (Å²) in [6.45, 7) is 0.710. The highest BCUT2D eigenvalue weighted by Gasteiger charge is 2.42. The highest BCUT2D eigenvalue weighted by atomic mass is 19.1. The number of amides is 2. The molecule has 0 bridgehead atoms. The number of likely N-dealkylation sites (tertiary alicyclic amines) is 1. The van der Waals surface area contributed by atoms with Crippen molar-refractivity contribution in [3.8, 4) is 0 Å². The summed E-state index contributed by atoms with van der Waals surface area (Å²) >= 11 is 0. The van der Waals surface area contributed by atoms with E-state index >= 15 is 0 Å². The van der Waals surface area contributed by atoms with Gasteiger partial charge in [-0.1, -0.05) is 30.3 Å². The molecule has 0 aliphatic carbocycles. The molecule has 0 unspecified atom stereocenters. The molecule has 5 nitrogen and oxygen atoms in total. The van der Waals surface area contributed by atoms with Crippen LogP contribution in [0.5, 0.6) is 0 Å². The van der Waals surface area contributed by atoms with Crippen LogP contribution in [0.3, 0.4) is 0 Å².